The van der Waals surface area contributed by atoms with Crippen LogP contribution in [0.15, 0.2) is 60.7 Å². The molecule has 0 atom stereocenters. The zero-order valence-corrected chi connectivity index (χ0v) is 15.4. The monoisotopic (exact) mass is 366 g/mol. The Morgan fingerprint density at radius 1 is 1.08 bits per heavy atom. The molecular formula is C20H19ClN4O. The molecule has 0 bridgehead atoms. The van der Waals surface area contributed by atoms with E-state index in [1.165, 1.54) is 0 Å². The van der Waals surface area contributed by atoms with Gasteiger partial charge in [0.05, 0.1) is 0 Å². The number of hydrogen-bond acceptors (Lipinski definition) is 4. The number of carbonyl (C=O) groups is 1. The maximum Gasteiger partial charge on any atom is 0.274 e. The third kappa shape index (κ3) is 4.37. The van der Waals surface area contributed by atoms with Crippen LogP contribution >= 0.6 is 11.6 Å². The van der Waals surface area contributed by atoms with E-state index < -0.39 is 0 Å². The molecule has 0 saturated carbocycles. The number of amides is 1. The van der Waals surface area contributed by atoms with Crippen molar-refractivity contribution in [2.45, 2.75) is 13.5 Å². The smallest absolute Gasteiger partial charge is 0.274 e. The quantitative estimate of drug-likeness (QED) is 0.724. The van der Waals surface area contributed by atoms with E-state index >= 15 is 0 Å². The number of aryl methyl sites for hydroxylation is 1. The normalized spacial score (nSPS) is 10.4. The van der Waals surface area contributed by atoms with Gasteiger partial charge in [-0.3, -0.25) is 4.79 Å². The Morgan fingerprint density at radius 3 is 2.50 bits per heavy atom. The van der Waals surface area contributed by atoms with Crippen LogP contribution in [0.3, 0.4) is 0 Å². The van der Waals surface area contributed by atoms with Gasteiger partial charge in [0.1, 0.15) is 0 Å². The summed E-state index contributed by atoms with van der Waals surface area (Å²) in [6.45, 7) is 2.48. The predicted molar refractivity (Wildman–Crippen MR) is 104 cm³/mol. The summed E-state index contributed by atoms with van der Waals surface area (Å²) in [5, 5.41) is 12.0. The third-order valence-corrected chi connectivity index (χ3v) is 4.18. The van der Waals surface area contributed by atoms with Crippen LogP contribution < -0.4 is 5.32 Å². The number of hydrogen-bond donors (Lipinski definition) is 1. The largest absolute Gasteiger partial charge is 0.339 e. The second-order valence-electron chi connectivity index (χ2n) is 6.03. The summed E-state index contributed by atoms with van der Waals surface area (Å²) in [5.74, 6) is 0.397. The molecule has 0 aliphatic heterocycles. The molecule has 132 valence electrons. The van der Waals surface area contributed by atoms with Crippen molar-refractivity contribution in [2.75, 3.05) is 12.4 Å². The summed E-state index contributed by atoms with van der Waals surface area (Å²) in [4.78, 5) is 14.1. The summed E-state index contributed by atoms with van der Waals surface area (Å²) in [7, 11) is 1.75. The maximum atomic E-state index is 12.5. The molecule has 0 aliphatic carbocycles. The van der Waals surface area contributed by atoms with Gasteiger partial charge in [-0.2, -0.15) is 0 Å². The van der Waals surface area contributed by atoms with Gasteiger partial charge in [-0.15, -0.1) is 10.2 Å². The number of nitrogens with zero attached hydrogens (tertiary/aromatic N) is 3. The molecule has 0 unspecified atom stereocenters. The Labute approximate surface area is 157 Å². The van der Waals surface area contributed by atoms with Crippen molar-refractivity contribution in [1.29, 1.82) is 0 Å². The highest BCUT2D eigenvalue weighted by Crippen LogP contribution is 2.22. The first-order valence-corrected chi connectivity index (χ1v) is 8.57. The zero-order chi connectivity index (χ0) is 18.5. The van der Waals surface area contributed by atoms with Gasteiger partial charge < -0.3 is 10.2 Å². The first-order chi connectivity index (χ1) is 12.5. The molecule has 26 heavy (non-hydrogen) atoms. The zero-order valence-electron chi connectivity index (χ0n) is 14.6. The van der Waals surface area contributed by atoms with Crippen LogP contribution in [0.5, 0.6) is 0 Å². The molecule has 6 heteroatoms. The lowest BCUT2D eigenvalue weighted by Crippen LogP contribution is -2.27. The summed E-state index contributed by atoms with van der Waals surface area (Å²) < 4.78 is 0. The van der Waals surface area contributed by atoms with E-state index in [0.717, 1.165) is 16.8 Å². The topological polar surface area (TPSA) is 58.1 Å². The Balaban J connectivity index is 1.67. The van der Waals surface area contributed by atoms with Crippen molar-refractivity contribution in [2.24, 2.45) is 0 Å². The molecule has 1 amide bonds. The van der Waals surface area contributed by atoms with Crippen LogP contribution in [-0.4, -0.2) is 28.1 Å². The number of halogens is 1. The molecule has 1 N–H and O–H groups in total. The number of anilines is 2. The molecule has 1 heterocycles. The SMILES string of the molecule is Cc1cc(Cl)ccc1Nc1ccc(C(=O)N(C)Cc2ccccc2)nn1. The fourth-order valence-corrected chi connectivity index (χ4v) is 2.77. The van der Waals surface area contributed by atoms with E-state index in [1.807, 2.05) is 49.4 Å². The fourth-order valence-electron chi connectivity index (χ4n) is 2.54. The summed E-state index contributed by atoms with van der Waals surface area (Å²) in [6.07, 6.45) is 0. The van der Waals surface area contributed by atoms with Crippen molar-refractivity contribution >= 4 is 29.0 Å². The first kappa shape index (κ1) is 17.9. The molecule has 3 aromatic rings. The van der Waals surface area contributed by atoms with Crippen LogP contribution in [0.25, 0.3) is 0 Å². The van der Waals surface area contributed by atoms with Crippen LogP contribution in [0.4, 0.5) is 11.5 Å². The second-order valence-corrected chi connectivity index (χ2v) is 6.47. The Kier molecular flexibility index (Phi) is 5.49. The van der Waals surface area contributed by atoms with Crippen molar-refractivity contribution < 1.29 is 4.79 Å². The third-order valence-electron chi connectivity index (χ3n) is 3.94. The van der Waals surface area contributed by atoms with Gasteiger partial charge in [-0.1, -0.05) is 41.9 Å². The molecule has 2 aromatic carbocycles. The van der Waals surface area contributed by atoms with Gasteiger partial charge in [0, 0.05) is 24.3 Å². The Hall–Kier alpha value is -2.92. The van der Waals surface area contributed by atoms with E-state index in [1.54, 1.807) is 30.1 Å². The van der Waals surface area contributed by atoms with E-state index in [9.17, 15) is 4.79 Å². The number of rotatable bonds is 5. The highest BCUT2D eigenvalue weighted by Gasteiger charge is 2.14. The second kappa shape index (κ2) is 7.97. The lowest BCUT2D eigenvalue weighted by molar-refractivity contribution is 0.0778. The predicted octanol–water partition coefficient (Wildman–Crippen LogP) is 4.45. The maximum absolute atomic E-state index is 12.5. The molecule has 0 radical (unpaired) electrons. The molecule has 5 nitrogen and oxygen atoms in total. The van der Waals surface area contributed by atoms with Gasteiger partial charge in [0.2, 0.25) is 0 Å². The standard InChI is InChI=1S/C20H19ClN4O/c1-14-12-16(21)8-9-17(14)22-19-11-10-18(23-24-19)20(26)25(2)13-15-6-4-3-5-7-15/h3-12H,13H2,1-2H3,(H,22,24). The molecule has 0 spiro atoms. The van der Waals surface area contributed by atoms with Crippen molar-refractivity contribution in [3.63, 3.8) is 0 Å². The van der Waals surface area contributed by atoms with E-state index in [4.69, 9.17) is 11.6 Å². The summed E-state index contributed by atoms with van der Waals surface area (Å²) in [6, 6.07) is 18.8. The minimum absolute atomic E-state index is 0.171. The summed E-state index contributed by atoms with van der Waals surface area (Å²) >= 11 is 5.97. The molecule has 0 saturated heterocycles. The highest BCUT2D eigenvalue weighted by molar-refractivity contribution is 6.30. The van der Waals surface area contributed by atoms with Crippen molar-refractivity contribution in [3.8, 4) is 0 Å². The Morgan fingerprint density at radius 2 is 1.85 bits per heavy atom. The molecular weight excluding hydrogens is 348 g/mol. The lowest BCUT2D eigenvalue weighted by atomic mass is 10.2. The Bertz CT molecular complexity index is 897. The number of nitrogens with one attached hydrogen (secondary N) is 1. The average molecular weight is 367 g/mol. The van der Waals surface area contributed by atoms with Crippen LogP contribution in [0.2, 0.25) is 5.02 Å². The van der Waals surface area contributed by atoms with E-state index in [-0.39, 0.29) is 5.91 Å². The average Bonchev–Trinajstić information content (AvgIpc) is 2.65. The molecule has 0 aliphatic rings. The fraction of sp³-hybridized carbons (Fsp3) is 0.150. The summed E-state index contributed by atoms with van der Waals surface area (Å²) in [5.41, 5.74) is 3.26. The van der Waals surface area contributed by atoms with Crippen LogP contribution in [-0.2, 0) is 6.54 Å². The van der Waals surface area contributed by atoms with Crippen molar-refractivity contribution in [1.82, 2.24) is 15.1 Å². The van der Waals surface area contributed by atoms with Gasteiger partial charge in [-0.05, 0) is 48.4 Å². The van der Waals surface area contributed by atoms with Gasteiger partial charge in [-0.25, -0.2) is 0 Å². The molecule has 0 fully saturated rings. The lowest BCUT2D eigenvalue weighted by Gasteiger charge is -2.16. The van der Waals surface area contributed by atoms with Gasteiger partial charge >= 0.3 is 0 Å². The highest BCUT2D eigenvalue weighted by atomic mass is 35.5. The van der Waals surface area contributed by atoms with Crippen LogP contribution in [0.1, 0.15) is 21.6 Å². The minimum Gasteiger partial charge on any atom is -0.339 e. The number of carbonyl (C=O) groups excluding carboxylic acids is 1. The van der Waals surface area contributed by atoms with Gasteiger partial charge in [0.25, 0.3) is 5.91 Å². The number of aromatic nitrogens is 2. The first-order valence-electron chi connectivity index (χ1n) is 8.19. The van der Waals surface area contributed by atoms with Crippen LogP contribution in [0, 0.1) is 6.92 Å². The van der Waals surface area contributed by atoms with E-state index in [2.05, 4.69) is 15.5 Å². The minimum atomic E-state index is -0.171. The van der Waals surface area contributed by atoms with Gasteiger partial charge in [0.15, 0.2) is 11.5 Å². The van der Waals surface area contributed by atoms with Crippen molar-refractivity contribution in [3.05, 3.63) is 82.5 Å². The molecule has 3 rings (SSSR count). The molecule has 1 aromatic heterocycles. The number of benzene rings is 2. The van der Waals surface area contributed by atoms with E-state index in [0.29, 0.717) is 23.1 Å².